The summed E-state index contributed by atoms with van der Waals surface area (Å²) in [5.74, 6) is 0.554. The van der Waals surface area contributed by atoms with E-state index in [1.54, 1.807) is 6.07 Å². The van der Waals surface area contributed by atoms with Crippen molar-refractivity contribution < 1.29 is 9.84 Å². The van der Waals surface area contributed by atoms with Crippen LogP contribution in [0.25, 0.3) is 0 Å². The predicted molar refractivity (Wildman–Crippen MR) is 66.8 cm³/mol. The molecule has 0 aliphatic carbocycles. The topological polar surface area (TPSA) is 55.5 Å². The molecule has 1 aromatic rings. The smallest absolute Gasteiger partial charge is 0.172 e. The monoisotopic (exact) mass is 295 g/mol. The van der Waals surface area contributed by atoms with Gasteiger partial charge in [0.25, 0.3) is 0 Å². The number of rotatable bonds is 3. The number of methoxy groups -OCH3 is 1. The molecule has 0 aliphatic heterocycles. The molecule has 1 atom stereocenters. The van der Waals surface area contributed by atoms with E-state index in [1.165, 1.54) is 7.11 Å². The van der Waals surface area contributed by atoms with Crippen LogP contribution in [0.15, 0.2) is 16.6 Å². The number of nitrogens with two attached hydrogens (primary N) is 1. The molecule has 86 valence electrons. The molecule has 3 nitrogen and oxygen atoms in total. The molecular weight excluding hydrogens is 281 g/mol. The molecule has 0 bridgehead atoms. The van der Waals surface area contributed by atoms with Crippen LogP contribution in [0, 0.1) is 0 Å². The van der Waals surface area contributed by atoms with Gasteiger partial charge in [-0.2, -0.15) is 0 Å². The Hall–Kier alpha value is -0.450. The van der Waals surface area contributed by atoms with Gasteiger partial charge in [0, 0.05) is 6.04 Å². The molecule has 1 aromatic carbocycles. The lowest BCUT2D eigenvalue weighted by Crippen LogP contribution is -2.08. The van der Waals surface area contributed by atoms with Gasteiger partial charge < -0.3 is 15.6 Å². The Kier molecular flexibility index (Phi) is 6.02. The Morgan fingerprint density at radius 1 is 1.53 bits per heavy atom. The van der Waals surface area contributed by atoms with Crippen LogP contribution in [0.4, 0.5) is 0 Å². The molecule has 0 radical (unpaired) electrons. The van der Waals surface area contributed by atoms with Gasteiger partial charge in [-0.3, -0.25) is 0 Å². The minimum absolute atomic E-state index is 0. The third-order valence-corrected chi connectivity index (χ3v) is 2.74. The summed E-state index contributed by atoms with van der Waals surface area (Å²) < 4.78 is 5.63. The summed E-state index contributed by atoms with van der Waals surface area (Å²) >= 11 is 3.25. The zero-order chi connectivity index (χ0) is 10.7. The Morgan fingerprint density at radius 2 is 2.13 bits per heavy atom. The van der Waals surface area contributed by atoms with Crippen molar-refractivity contribution in [3.8, 4) is 11.5 Å². The molecule has 0 spiro atoms. The number of phenolic OH excluding ortho intramolecular Hbond substituents is 1. The Labute approximate surface area is 104 Å². The fourth-order valence-corrected chi connectivity index (χ4v) is 1.66. The molecule has 0 heterocycles. The molecule has 0 amide bonds. The van der Waals surface area contributed by atoms with Crippen LogP contribution in [0.5, 0.6) is 11.5 Å². The first-order valence-corrected chi connectivity index (χ1v) is 5.21. The molecule has 3 N–H and O–H groups in total. The zero-order valence-corrected chi connectivity index (χ0v) is 11.1. The summed E-state index contributed by atoms with van der Waals surface area (Å²) in [7, 11) is 1.52. The van der Waals surface area contributed by atoms with Crippen molar-refractivity contribution in [2.45, 2.75) is 19.4 Å². The maximum atomic E-state index is 9.56. The quantitative estimate of drug-likeness (QED) is 0.901. The molecule has 0 aliphatic rings. The first-order chi connectivity index (χ1) is 6.60. The lowest BCUT2D eigenvalue weighted by atomic mass is 10.1. The van der Waals surface area contributed by atoms with Gasteiger partial charge in [0.05, 0.1) is 11.6 Å². The summed E-state index contributed by atoms with van der Waals surface area (Å²) in [6, 6.07) is 3.54. The van der Waals surface area contributed by atoms with Crippen molar-refractivity contribution in [3.63, 3.8) is 0 Å². The first kappa shape index (κ1) is 14.6. The van der Waals surface area contributed by atoms with Crippen LogP contribution < -0.4 is 10.5 Å². The van der Waals surface area contributed by atoms with Gasteiger partial charge >= 0.3 is 0 Å². The molecule has 0 unspecified atom stereocenters. The van der Waals surface area contributed by atoms with Crippen molar-refractivity contribution in [1.82, 2.24) is 0 Å². The second kappa shape index (κ2) is 6.20. The Bertz CT molecular complexity index is 333. The van der Waals surface area contributed by atoms with Gasteiger partial charge in [0.1, 0.15) is 0 Å². The standard InChI is InChI=1S/C10H14BrNO2.ClH/c1-3-8(12)6-4-7(11)10(13)9(5-6)14-2;/h4-5,8,13H,3,12H2,1-2H3;1H/t8-;/m0./s1. The van der Waals surface area contributed by atoms with Crippen LogP contribution in [-0.2, 0) is 0 Å². The molecule has 15 heavy (non-hydrogen) atoms. The Balaban J connectivity index is 0.00000196. The SMILES string of the molecule is CC[C@H](N)c1cc(Br)c(O)c(OC)c1.Cl. The van der Waals surface area contributed by atoms with Crippen molar-refractivity contribution >= 4 is 28.3 Å². The molecule has 0 fully saturated rings. The molecule has 0 saturated heterocycles. The summed E-state index contributed by atoms with van der Waals surface area (Å²) in [5, 5.41) is 9.56. The first-order valence-electron chi connectivity index (χ1n) is 4.42. The molecule has 5 heteroatoms. The van der Waals surface area contributed by atoms with E-state index >= 15 is 0 Å². The normalized spacial score (nSPS) is 11.7. The number of phenols is 1. The second-order valence-electron chi connectivity index (χ2n) is 3.07. The highest BCUT2D eigenvalue weighted by atomic mass is 79.9. The maximum absolute atomic E-state index is 9.56. The summed E-state index contributed by atoms with van der Waals surface area (Å²) in [6.07, 6.45) is 0.848. The summed E-state index contributed by atoms with van der Waals surface area (Å²) in [5.41, 5.74) is 6.83. The van der Waals surface area contributed by atoms with Crippen molar-refractivity contribution in [1.29, 1.82) is 0 Å². The van der Waals surface area contributed by atoms with Crippen molar-refractivity contribution in [2.24, 2.45) is 5.73 Å². The molecular formula is C10H15BrClNO2. The third kappa shape index (κ3) is 3.26. The van der Waals surface area contributed by atoms with Crippen LogP contribution >= 0.6 is 28.3 Å². The Morgan fingerprint density at radius 3 is 2.60 bits per heavy atom. The van der Waals surface area contributed by atoms with E-state index in [0.717, 1.165) is 12.0 Å². The van der Waals surface area contributed by atoms with Crippen molar-refractivity contribution in [2.75, 3.05) is 7.11 Å². The van der Waals surface area contributed by atoms with Crippen LogP contribution in [0.3, 0.4) is 0 Å². The van der Waals surface area contributed by atoms with E-state index in [0.29, 0.717) is 10.2 Å². The minimum Gasteiger partial charge on any atom is -0.503 e. The highest BCUT2D eigenvalue weighted by Crippen LogP contribution is 2.36. The maximum Gasteiger partial charge on any atom is 0.172 e. The van der Waals surface area contributed by atoms with E-state index in [2.05, 4.69) is 15.9 Å². The number of benzene rings is 1. The molecule has 0 saturated carbocycles. The van der Waals surface area contributed by atoms with Gasteiger partial charge in [0.2, 0.25) is 0 Å². The fraction of sp³-hybridized carbons (Fsp3) is 0.400. The van der Waals surface area contributed by atoms with Crippen LogP contribution in [0.2, 0.25) is 0 Å². The number of ether oxygens (including phenoxy) is 1. The predicted octanol–water partition coefficient (Wildman–Crippen LogP) is 2.99. The minimum atomic E-state index is -0.0270. The molecule has 1 rings (SSSR count). The lowest BCUT2D eigenvalue weighted by molar-refractivity contribution is 0.371. The number of aromatic hydroxyl groups is 1. The van der Waals surface area contributed by atoms with E-state index in [1.807, 2.05) is 13.0 Å². The zero-order valence-electron chi connectivity index (χ0n) is 8.66. The van der Waals surface area contributed by atoms with Crippen LogP contribution in [-0.4, -0.2) is 12.2 Å². The molecule has 0 aromatic heterocycles. The van der Waals surface area contributed by atoms with E-state index in [9.17, 15) is 5.11 Å². The van der Waals surface area contributed by atoms with Gasteiger partial charge in [-0.15, -0.1) is 12.4 Å². The van der Waals surface area contributed by atoms with Gasteiger partial charge in [-0.05, 0) is 40.0 Å². The van der Waals surface area contributed by atoms with Gasteiger partial charge in [0.15, 0.2) is 11.5 Å². The van der Waals surface area contributed by atoms with Crippen LogP contribution in [0.1, 0.15) is 24.9 Å². The second-order valence-corrected chi connectivity index (χ2v) is 3.92. The summed E-state index contributed by atoms with van der Waals surface area (Å²) in [4.78, 5) is 0. The van der Waals surface area contributed by atoms with E-state index < -0.39 is 0 Å². The number of hydrogen-bond donors (Lipinski definition) is 2. The average molecular weight is 297 g/mol. The highest BCUT2D eigenvalue weighted by molar-refractivity contribution is 9.10. The largest absolute Gasteiger partial charge is 0.503 e. The van der Waals surface area contributed by atoms with E-state index in [-0.39, 0.29) is 24.2 Å². The van der Waals surface area contributed by atoms with Crippen molar-refractivity contribution in [3.05, 3.63) is 22.2 Å². The fourth-order valence-electron chi connectivity index (χ4n) is 1.20. The number of hydrogen-bond acceptors (Lipinski definition) is 3. The third-order valence-electron chi connectivity index (χ3n) is 2.14. The van der Waals surface area contributed by atoms with Gasteiger partial charge in [-0.1, -0.05) is 6.92 Å². The van der Waals surface area contributed by atoms with Gasteiger partial charge in [-0.25, -0.2) is 0 Å². The average Bonchev–Trinajstić information content (AvgIpc) is 2.20. The lowest BCUT2D eigenvalue weighted by Gasteiger charge is -2.13. The highest BCUT2D eigenvalue weighted by Gasteiger charge is 2.11. The van der Waals surface area contributed by atoms with E-state index in [4.69, 9.17) is 10.5 Å². The number of halogens is 2. The summed E-state index contributed by atoms with van der Waals surface area (Å²) in [6.45, 7) is 2.01.